The van der Waals surface area contributed by atoms with Crippen molar-refractivity contribution in [1.82, 2.24) is 14.9 Å². The van der Waals surface area contributed by atoms with Gasteiger partial charge in [0.1, 0.15) is 29.5 Å². The zero-order valence-electron chi connectivity index (χ0n) is 20.2. The first-order valence-corrected chi connectivity index (χ1v) is 12.5. The topological polar surface area (TPSA) is 62.8 Å². The van der Waals surface area contributed by atoms with Gasteiger partial charge in [-0.3, -0.25) is 4.84 Å². The zero-order chi connectivity index (χ0) is 24.6. The van der Waals surface area contributed by atoms with Crippen LogP contribution in [0.4, 0.5) is 26.1 Å². The van der Waals surface area contributed by atoms with Gasteiger partial charge in [0.05, 0.1) is 24.9 Å². The molecule has 36 heavy (non-hydrogen) atoms. The van der Waals surface area contributed by atoms with Crippen molar-refractivity contribution < 1.29 is 18.4 Å². The average Bonchev–Trinajstić information content (AvgIpc) is 3.55. The number of benzene rings is 2. The van der Waals surface area contributed by atoms with Crippen molar-refractivity contribution in [2.75, 3.05) is 43.7 Å². The normalized spacial score (nSPS) is 20.4. The second-order valence-electron chi connectivity index (χ2n) is 9.74. The molecule has 0 bridgehead atoms. The van der Waals surface area contributed by atoms with E-state index in [2.05, 4.69) is 39.4 Å². The molecule has 0 unspecified atom stereocenters. The quantitative estimate of drug-likeness (QED) is 0.529. The van der Waals surface area contributed by atoms with Crippen LogP contribution in [0.25, 0.3) is 0 Å². The lowest BCUT2D eigenvalue weighted by Gasteiger charge is -2.30. The number of hydroxylamine groups is 1. The second kappa shape index (κ2) is 9.63. The average molecular weight is 494 g/mol. The van der Waals surface area contributed by atoms with Crippen LogP contribution in [0.3, 0.4) is 0 Å². The highest BCUT2D eigenvalue weighted by Gasteiger charge is 2.31. The minimum atomic E-state index is -0.612. The summed E-state index contributed by atoms with van der Waals surface area (Å²) in [6.45, 7) is 3.34. The molecule has 188 valence electrons. The first-order valence-electron chi connectivity index (χ1n) is 12.5. The summed E-state index contributed by atoms with van der Waals surface area (Å²) in [5, 5.41) is 4.99. The SMILES string of the molecule is CN1CCC(c2ccc(Nc3cc(N4OCC[C@@H]4c4cc(F)cc(F)c4)ncn3)c3c2CCO3)CC1. The number of nitrogens with zero attached hydrogens (tertiary/aromatic N) is 4. The molecule has 3 aliphatic heterocycles. The van der Waals surface area contributed by atoms with Crippen molar-refractivity contribution in [2.45, 2.75) is 37.6 Å². The second-order valence-corrected chi connectivity index (χ2v) is 9.74. The number of fused-ring (bicyclic) bond motifs is 1. The fraction of sp³-hybridized carbons (Fsp3) is 0.407. The van der Waals surface area contributed by atoms with E-state index in [1.54, 1.807) is 11.1 Å². The van der Waals surface area contributed by atoms with Crippen LogP contribution in [0.2, 0.25) is 0 Å². The van der Waals surface area contributed by atoms with E-state index < -0.39 is 11.6 Å². The summed E-state index contributed by atoms with van der Waals surface area (Å²) >= 11 is 0. The summed E-state index contributed by atoms with van der Waals surface area (Å²) in [6, 6.07) is 9.27. The molecule has 2 aromatic carbocycles. The Morgan fingerprint density at radius 1 is 0.972 bits per heavy atom. The van der Waals surface area contributed by atoms with Gasteiger partial charge in [-0.05, 0) is 68.2 Å². The minimum Gasteiger partial charge on any atom is -0.491 e. The number of piperidine rings is 1. The van der Waals surface area contributed by atoms with Crippen LogP contribution in [0, 0.1) is 11.6 Å². The number of hydrogen-bond acceptors (Lipinski definition) is 7. The molecule has 2 fully saturated rings. The molecule has 0 radical (unpaired) electrons. The lowest BCUT2D eigenvalue weighted by atomic mass is 9.85. The third-order valence-corrected chi connectivity index (χ3v) is 7.37. The number of halogens is 2. The fourth-order valence-electron chi connectivity index (χ4n) is 5.56. The van der Waals surface area contributed by atoms with Crippen molar-refractivity contribution in [3.8, 4) is 5.75 Å². The molecule has 3 aromatic rings. The fourth-order valence-corrected chi connectivity index (χ4v) is 5.56. The molecule has 2 saturated heterocycles. The van der Waals surface area contributed by atoms with Crippen molar-refractivity contribution >= 4 is 17.3 Å². The van der Waals surface area contributed by atoms with Gasteiger partial charge in [-0.25, -0.2) is 23.8 Å². The Morgan fingerprint density at radius 3 is 2.58 bits per heavy atom. The lowest BCUT2D eigenvalue weighted by molar-refractivity contribution is 0.156. The van der Waals surface area contributed by atoms with Crippen LogP contribution in [-0.2, 0) is 11.3 Å². The number of anilines is 3. The minimum absolute atomic E-state index is 0.348. The Morgan fingerprint density at radius 2 is 1.78 bits per heavy atom. The third kappa shape index (κ3) is 4.49. The smallest absolute Gasteiger partial charge is 0.158 e. The summed E-state index contributed by atoms with van der Waals surface area (Å²) in [5.74, 6) is 1.34. The first-order chi connectivity index (χ1) is 17.5. The molecular weight excluding hydrogens is 464 g/mol. The van der Waals surface area contributed by atoms with Gasteiger partial charge >= 0.3 is 0 Å². The molecule has 9 heteroatoms. The first kappa shape index (κ1) is 23.1. The van der Waals surface area contributed by atoms with E-state index in [0.29, 0.717) is 42.8 Å². The molecule has 4 heterocycles. The molecule has 6 rings (SSSR count). The highest BCUT2D eigenvalue weighted by Crippen LogP contribution is 2.42. The molecule has 0 spiro atoms. The summed E-state index contributed by atoms with van der Waals surface area (Å²) < 4.78 is 33.7. The van der Waals surface area contributed by atoms with Gasteiger partial charge in [0, 0.05) is 30.5 Å². The van der Waals surface area contributed by atoms with Gasteiger partial charge in [0.2, 0.25) is 0 Å². The monoisotopic (exact) mass is 493 g/mol. The highest BCUT2D eigenvalue weighted by molar-refractivity contribution is 5.70. The lowest BCUT2D eigenvalue weighted by Crippen LogP contribution is -2.29. The Balaban J connectivity index is 1.25. The van der Waals surface area contributed by atoms with Crippen LogP contribution >= 0.6 is 0 Å². The van der Waals surface area contributed by atoms with E-state index in [0.717, 1.165) is 49.9 Å². The van der Waals surface area contributed by atoms with E-state index in [1.807, 2.05) is 0 Å². The summed E-state index contributed by atoms with van der Waals surface area (Å²) in [4.78, 5) is 16.9. The van der Waals surface area contributed by atoms with E-state index in [-0.39, 0.29) is 6.04 Å². The van der Waals surface area contributed by atoms with Crippen LogP contribution in [0.1, 0.15) is 47.9 Å². The molecule has 7 nitrogen and oxygen atoms in total. The van der Waals surface area contributed by atoms with Crippen molar-refractivity contribution in [1.29, 1.82) is 0 Å². The molecule has 0 amide bonds. The number of hydrogen-bond donors (Lipinski definition) is 1. The molecule has 1 N–H and O–H groups in total. The number of likely N-dealkylation sites (tertiary alicyclic amines) is 1. The Kier molecular flexibility index (Phi) is 6.18. The van der Waals surface area contributed by atoms with E-state index in [4.69, 9.17) is 9.57 Å². The Labute approximate surface area is 209 Å². The summed E-state index contributed by atoms with van der Waals surface area (Å²) in [6.07, 6.45) is 5.29. The molecule has 0 saturated carbocycles. The molecule has 1 atom stereocenters. The van der Waals surface area contributed by atoms with Crippen molar-refractivity contribution in [3.63, 3.8) is 0 Å². The van der Waals surface area contributed by atoms with Gasteiger partial charge in [-0.15, -0.1) is 0 Å². The predicted octanol–water partition coefficient (Wildman–Crippen LogP) is 5.13. The van der Waals surface area contributed by atoms with Crippen LogP contribution in [0.5, 0.6) is 5.75 Å². The predicted molar refractivity (Wildman–Crippen MR) is 133 cm³/mol. The van der Waals surface area contributed by atoms with Gasteiger partial charge in [-0.1, -0.05) is 6.07 Å². The summed E-state index contributed by atoms with van der Waals surface area (Å²) in [5.41, 5.74) is 4.07. The van der Waals surface area contributed by atoms with Gasteiger partial charge in [-0.2, -0.15) is 0 Å². The van der Waals surface area contributed by atoms with Crippen LogP contribution in [0.15, 0.2) is 42.7 Å². The molecule has 3 aliphatic rings. The van der Waals surface area contributed by atoms with E-state index in [1.165, 1.54) is 29.6 Å². The number of ether oxygens (including phenoxy) is 1. The third-order valence-electron chi connectivity index (χ3n) is 7.37. The van der Waals surface area contributed by atoms with E-state index in [9.17, 15) is 8.78 Å². The number of rotatable bonds is 5. The van der Waals surface area contributed by atoms with Crippen molar-refractivity contribution in [3.05, 3.63) is 71.1 Å². The maximum atomic E-state index is 13.8. The zero-order valence-corrected chi connectivity index (χ0v) is 20.2. The maximum Gasteiger partial charge on any atom is 0.158 e. The molecule has 0 aliphatic carbocycles. The number of aromatic nitrogens is 2. The molecule has 1 aromatic heterocycles. The summed E-state index contributed by atoms with van der Waals surface area (Å²) in [7, 11) is 2.18. The maximum absolute atomic E-state index is 13.8. The Bertz CT molecular complexity index is 1240. The number of nitrogens with one attached hydrogen (secondary N) is 1. The standard InChI is InChI=1S/C27H29F2N5O2/c1-33-8-4-17(5-9-33)21-2-3-23(27-22(21)6-10-35-27)32-25-15-26(31-16-30-25)34-24(7-11-36-34)18-12-19(28)14-20(29)13-18/h2-3,12-17,24H,4-11H2,1H3,(H,30,31,32)/t24-/m1/s1. The molecular formula is C27H29F2N5O2. The van der Waals surface area contributed by atoms with Gasteiger partial charge in [0.25, 0.3) is 0 Å². The highest BCUT2D eigenvalue weighted by atomic mass is 19.1. The van der Waals surface area contributed by atoms with Crippen LogP contribution < -0.4 is 15.1 Å². The van der Waals surface area contributed by atoms with Crippen LogP contribution in [-0.4, -0.2) is 48.2 Å². The van der Waals surface area contributed by atoms with Gasteiger partial charge in [0.15, 0.2) is 5.82 Å². The van der Waals surface area contributed by atoms with Crippen molar-refractivity contribution in [2.24, 2.45) is 0 Å². The largest absolute Gasteiger partial charge is 0.491 e. The van der Waals surface area contributed by atoms with Gasteiger partial charge < -0.3 is 15.0 Å². The van der Waals surface area contributed by atoms with E-state index >= 15 is 0 Å². The Hall–Kier alpha value is -3.30.